The quantitative estimate of drug-likeness (QED) is 0.0548. The van der Waals surface area contributed by atoms with E-state index in [2.05, 4.69) is 4.90 Å². The Morgan fingerprint density at radius 3 is 1.20 bits per heavy atom. The summed E-state index contributed by atoms with van der Waals surface area (Å²) >= 11 is 0. The highest BCUT2D eigenvalue weighted by Gasteiger charge is 2.38. The molecule has 0 bridgehead atoms. The molecule has 1 unspecified atom stereocenters. The zero-order valence-corrected chi connectivity index (χ0v) is 35.2. The minimum absolute atomic E-state index is 0.0725. The summed E-state index contributed by atoms with van der Waals surface area (Å²) in [5.41, 5.74) is 1.74. The summed E-state index contributed by atoms with van der Waals surface area (Å²) in [5, 5.41) is 0. The van der Waals surface area contributed by atoms with Gasteiger partial charge in [-0.05, 0) is 37.3 Å². The van der Waals surface area contributed by atoms with Gasteiger partial charge in [0.05, 0.1) is 52.7 Å². The van der Waals surface area contributed by atoms with Crippen molar-refractivity contribution in [2.24, 2.45) is 0 Å². The maximum absolute atomic E-state index is 15.0. The molecule has 1 atom stereocenters. The summed E-state index contributed by atoms with van der Waals surface area (Å²) in [7, 11) is -3.81. The van der Waals surface area contributed by atoms with Crippen LogP contribution in [0.1, 0.15) is 77.3 Å². The lowest BCUT2D eigenvalue weighted by Gasteiger charge is -2.37. The molecule has 0 saturated carbocycles. The van der Waals surface area contributed by atoms with Crippen molar-refractivity contribution < 1.29 is 42.2 Å². The van der Waals surface area contributed by atoms with Crippen molar-refractivity contribution in [1.29, 1.82) is 0 Å². The minimum Gasteiger partial charge on any atom is -0.465 e. The average molecular weight is 803 g/mol. The lowest BCUT2D eigenvalue weighted by atomic mass is 10.2. The summed E-state index contributed by atoms with van der Waals surface area (Å²) in [4.78, 5) is 47.1. The third-order valence-corrected chi connectivity index (χ3v) is 11.9. The molecule has 13 nitrogen and oxygen atoms in total. The van der Waals surface area contributed by atoms with Crippen molar-refractivity contribution in [3.8, 4) is 0 Å². The molecule has 14 heteroatoms. The fraction of sp³-hybridized carbons (Fsp3) is 0.643. The molecule has 3 rings (SSSR count). The van der Waals surface area contributed by atoms with Crippen molar-refractivity contribution in [3.63, 3.8) is 0 Å². The zero-order valence-electron chi connectivity index (χ0n) is 34.3. The van der Waals surface area contributed by atoms with Crippen LogP contribution < -0.4 is 0 Å². The second-order valence-corrected chi connectivity index (χ2v) is 16.6. The van der Waals surface area contributed by atoms with E-state index in [9.17, 15) is 18.9 Å². The fourth-order valence-electron chi connectivity index (χ4n) is 6.01. The van der Waals surface area contributed by atoms with Crippen LogP contribution in [0.2, 0.25) is 0 Å². The standard InChI is InChI=1S/C42H67N4O9P/c1-5-8-29-51-40(47)32-43-21-23-44(33-41(48)52-30-9-6-2)25-27-46(28-26-45(24-22-43)34-42(49)53-31-10-7-3)37(4)56(50,54-35-38-17-13-11-14-18-38)55-36-39-19-15-12-16-20-39/h11-20,37H,5-10,21-36H2,1-4H3. The Morgan fingerprint density at radius 1 is 0.554 bits per heavy atom. The molecular formula is C42H67N4O9P. The number of hydrogen-bond donors (Lipinski definition) is 0. The van der Waals surface area contributed by atoms with Gasteiger partial charge < -0.3 is 23.3 Å². The lowest BCUT2D eigenvalue weighted by molar-refractivity contribution is -0.147. The SMILES string of the molecule is CCCCOC(=O)CN1CCN(CC(=O)OCCCC)CCN(C(C)P(=O)(OCc2ccccc2)OCc2ccccc2)CCN(CC(=O)OCCCC)CC1. The number of esters is 3. The van der Waals surface area contributed by atoms with Crippen molar-refractivity contribution >= 4 is 25.5 Å². The maximum Gasteiger partial charge on any atom is 0.348 e. The summed E-state index contributed by atoms with van der Waals surface area (Å²) in [5.74, 6) is -1.61. The summed E-state index contributed by atoms with van der Waals surface area (Å²) in [6, 6.07) is 19.2. The first kappa shape index (κ1) is 47.2. The van der Waals surface area contributed by atoms with E-state index in [0.717, 1.165) is 49.7 Å². The molecule has 2 aromatic carbocycles. The van der Waals surface area contributed by atoms with Gasteiger partial charge in [-0.2, -0.15) is 0 Å². The Morgan fingerprint density at radius 2 is 0.875 bits per heavy atom. The molecule has 0 spiro atoms. The van der Waals surface area contributed by atoms with Gasteiger partial charge in [0.2, 0.25) is 0 Å². The molecule has 0 aliphatic carbocycles. The second kappa shape index (κ2) is 27.5. The van der Waals surface area contributed by atoms with E-state index in [4.69, 9.17) is 23.3 Å². The predicted octanol–water partition coefficient (Wildman–Crippen LogP) is 6.21. The number of ether oxygens (including phenoxy) is 3. The van der Waals surface area contributed by atoms with Gasteiger partial charge in [-0.25, -0.2) is 0 Å². The number of unbranched alkanes of at least 4 members (excludes halogenated alkanes) is 3. The van der Waals surface area contributed by atoms with Gasteiger partial charge in [0, 0.05) is 52.4 Å². The van der Waals surface area contributed by atoms with Crippen LogP contribution in [0.25, 0.3) is 0 Å². The van der Waals surface area contributed by atoms with E-state index >= 15 is 0 Å². The first-order chi connectivity index (χ1) is 27.1. The molecule has 314 valence electrons. The number of carbonyl (C=O) groups is 3. The van der Waals surface area contributed by atoms with Crippen LogP contribution in [0.15, 0.2) is 60.7 Å². The topological polar surface area (TPSA) is 127 Å². The third-order valence-electron chi connectivity index (χ3n) is 9.71. The van der Waals surface area contributed by atoms with Crippen molar-refractivity contribution in [1.82, 2.24) is 19.6 Å². The molecule has 1 aliphatic heterocycles. The Kier molecular flexibility index (Phi) is 23.2. The monoisotopic (exact) mass is 802 g/mol. The molecule has 1 fully saturated rings. The summed E-state index contributed by atoms with van der Waals surface area (Å²) in [6.07, 6.45) is 5.12. The van der Waals surface area contributed by atoms with Gasteiger partial charge in [0.1, 0.15) is 5.78 Å². The molecule has 1 heterocycles. The number of hydrogen-bond acceptors (Lipinski definition) is 13. The molecular weight excluding hydrogens is 735 g/mol. The Hall–Kier alpha value is -3.16. The minimum atomic E-state index is -3.81. The Balaban J connectivity index is 1.90. The molecule has 2 aromatic rings. The molecule has 0 aromatic heterocycles. The van der Waals surface area contributed by atoms with E-state index in [0.29, 0.717) is 72.2 Å². The summed E-state index contributed by atoms with van der Waals surface area (Å²) < 4.78 is 44.1. The number of carbonyl (C=O) groups excluding carboxylic acids is 3. The van der Waals surface area contributed by atoms with E-state index < -0.39 is 13.4 Å². The van der Waals surface area contributed by atoms with Crippen LogP contribution in [-0.2, 0) is 55.4 Å². The highest BCUT2D eigenvalue weighted by molar-refractivity contribution is 7.54. The van der Waals surface area contributed by atoms with E-state index in [-0.39, 0.29) is 50.8 Å². The van der Waals surface area contributed by atoms with Crippen molar-refractivity contribution in [3.05, 3.63) is 71.8 Å². The average Bonchev–Trinajstić information content (AvgIpc) is 3.20. The lowest BCUT2D eigenvalue weighted by Crippen LogP contribution is -2.50. The van der Waals surface area contributed by atoms with Crippen LogP contribution in [-0.4, -0.2) is 135 Å². The molecule has 1 aliphatic rings. The number of nitrogens with zero attached hydrogens (tertiary/aromatic N) is 4. The summed E-state index contributed by atoms with van der Waals surface area (Å²) in [6.45, 7) is 13.2. The van der Waals surface area contributed by atoms with Gasteiger partial charge >= 0.3 is 25.5 Å². The third kappa shape index (κ3) is 18.9. The van der Waals surface area contributed by atoms with Crippen LogP contribution >= 0.6 is 7.60 Å². The first-order valence-electron chi connectivity index (χ1n) is 20.5. The molecule has 56 heavy (non-hydrogen) atoms. The zero-order chi connectivity index (χ0) is 40.4. The highest BCUT2D eigenvalue weighted by Crippen LogP contribution is 2.55. The van der Waals surface area contributed by atoms with Gasteiger partial charge in [0.25, 0.3) is 0 Å². The van der Waals surface area contributed by atoms with Crippen LogP contribution in [0.5, 0.6) is 0 Å². The molecule has 0 amide bonds. The van der Waals surface area contributed by atoms with E-state index in [1.54, 1.807) is 0 Å². The van der Waals surface area contributed by atoms with E-state index in [1.807, 2.05) is 103 Å². The van der Waals surface area contributed by atoms with Gasteiger partial charge in [0.15, 0.2) is 0 Å². The largest absolute Gasteiger partial charge is 0.465 e. The molecule has 0 N–H and O–H groups in total. The van der Waals surface area contributed by atoms with Crippen LogP contribution in [0, 0.1) is 0 Å². The fourth-order valence-corrected chi connectivity index (χ4v) is 7.80. The number of benzene rings is 2. The number of rotatable bonds is 23. The van der Waals surface area contributed by atoms with Gasteiger partial charge in [-0.15, -0.1) is 0 Å². The Bertz CT molecular complexity index is 1350. The second-order valence-electron chi connectivity index (χ2n) is 14.3. The Labute approximate surface area is 335 Å². The predicted molar refractivity (Wildman–Crippen MR) is 218 cm³/mol. The van der Waals surface area contributed by atoms with Gasteiger partial charge in [-0.3, -0.25) is 38.5 Å². The van der Waals surface area contributed by atoms with Gasteiger partial charge in [-0.1, -0.05) is 101 Å². The van der Waals surface area contributed by atoms with Crippen molar-refractivity contribution in [2.75, 3.05) is 91.8 Å². The van der Waals surface area contributed by atoms with Crippen LogP contribution in [0.4, 0.5) is 0 Å². The van der Waals surface area contributed by atoms with Crippen molar-refractivity contribution in [2.45, 2.75) is 85.2 Å². The maximum atomic E-state index is 15.0. The smallest absolute Gasteiger partial charge is 0.348 e. The highest BCUT2D eigenvalue weighted by atomic mass is 31.2. The molecule has 1 saturated heterocycles. The van der Waals surface area contributed by atoms with E-state index in [1.165, 1.54) is 0 Å². The first-order valence-corrected chi connectivity index (χ1v) is 22.1. The molecule has 0 radical (unpaired) electrons. The van der Waals surface area contributed by atoms with Crippen LogP contribution in [0.3, 0.4) is 0 Å². The normalized spacial score (nSPS) is 16.4.